The summed E-state index contributed by atoms with van der Waals surface area (Å²) < 4.78 is 10.5. The maximum atomic E-state index is 11.8. The van der Waals surface area contributed by atoms with Gasteiger partial charge in [0.05, 0.1) is 12.7 Å². The molecule has 0 radical (unpaired) electrons. The fraction of sp³-hybridized carbons (Fsp3) is 0.357. The molecule has 1 aromatic carbocycles. The van der Waals surface area contributed by atoms with Gasteiger partial charge in [-0.2, -0.15) is 0 Å². The van der Waals surface area contributed by atoms with Crippen LogP contribution in [-0.4, -0.2) is 38.0 Å². The topological polar surface area (TPSA) is 93.7 Å². The van der Waals surface area contributed by atoms with E-state index in [2.05, 4.69) is 10.6 Å². The van der Waals surface area contributed by atoms with E-state index in [1.165, 1.54) is 14.0 Å². The first-order valence-corrected chi connectivity index (χ1v) is 6.41. The Labute approximate surface area is 122 Å². The number of carbonyl (C=O) groups is 3. The lowest BCUT2D eigenvalue weighted by Gasteiger charge is -2.17. The Morgan fingerprint density at radius 1 is 1.38 bits per heavy atom. The Morgan fingerprint density at radius 2 is 2.10 bits per heavy atom. The lowest BCUT2D eigenvalue weighted by atomic mass is 10.2. The second kappa shape index (κ2) is 7.88. The molecule has 0 fully saturated rings. The van der Waals surface area contributed by atoms with Crippen LogP contribution in [0.1, 0.15) is 24.2 Å². The molecule has 0 aliphatic carbocycles. The SMILES string of the molecule is CCNC(=O)NC(=O)C(C)Oc1c(C=O)cccc1OC. The molecule has 2 N–H and O–H groups in total. The Balaban J connectivity index is 2.83. The summed E-state index contributed by atoms with van der Waals surface area (Å²) in [6.07, 6.45) is -0.366. The van der Waals surface area contributed by atoms with Crippen molar-refractivity contribution in [2.75, 3.05) is 13.7 Å². The summed E-state index contributed by atoms with van der Waals surface area (Å²) >= 11 is 0. The predicted molar refractivity (Wildman–Crippen MR) is 75.7 cm³/mol. The van der Waals surface area contributed by atoms with Crippen LogP contribution in [-0.2, 0) is 4.79 Å². The van der Waals surface area contributed by atoms with E-state index in [1.54, 1.807) is 25.1 Å². The molecule has 1 atom stereocenters. The van der Waals surface area contributed by atoms with Gasteiger partial charge in [0.2, 0.25) is 0 Å². The average molecular weight is 294 g/mol. The largest absolute Gasteiger partial charge is 0.493 e. The molecule has 1 aromatic rings. The van der Waals surface area contributed by atoms with E-state index in [0.717, 1.165) is 0 Å². The van der Waals surface area contributed by atoms with Gasteiger partial charge in [0.15, 0.2) is 23.9 Å². The molecule has 7 nitrogen and oxygen atoms in total. The molecule has 21 heavy (non-hydrogen) atoms. The molecule has 7 heteroatoms. The lowest BCUT2D eigenvalue weighted by Crippen LogP contribution is -2.45. The zero-order valence-corrected chi connectivity index (χ0v) is 12.1. The standard InChI is InChI=1S/C14H18N2O5/c1-4-15-14(19)16-13(18)9(2)21-12-10(8-17)6-5-7-11(12)20-3/h5-9H,4H2,1-3H3,(H2,15,16,18,19). The number of ether oxygens (including phenoxy) is 2. The number of rotatable bonds is 6. The van der Waals surface area contributed by atoms with Crippen molar-refractivity contribution in [3.8, 4) is 11.5 Å². The molecule has 0 saturated carbocycles. The zero-order valence-electron chi connectivity index (χ0n) is 12.1. The summed E-state index contributed by atoms with van der Waals surface area (Å²) in [5, 5.41) is 4.57. The first kappa shape index (κ1) is 16.5. The minimum Gasteiger partial charge on any atom is -0.493 e. The Morgan fingerprint density at radius 3 is 2.67 bits per heavy atom. The van der Waals surface area contributed by atoms with Crippen molar-refractivity contribution in [2.45, 2.75) is 20.0 Å². The van der Waals surface area contributed by atoms with Crippen LogP contribution in [0.3, 0.4) is 0 Å². The van der Waals surface area contributed by atoms with Crippen molar-refractivity contribution < 1.29 is 23.9 Å². The molecule has 3 amide bonds. The number of benzene rings is 1. The molecule has 0 saturated heterocycles. The summed E-state index contributed by atoms with van der Waals surface area (Å²) in [4.78, 5) is 34.1. The van der Waals surface area contributed by atoms with Gasteiger partial charge in [0.1, 0.15) is 0 Å². The number of urea groups is 1. The highest BCUT2D eigenvalue weighted by Gasteiger charge is 2.20. The third kappa shape index (κ3) is 4.48. The number of hydrogen-bond acceptors (Lipinski definition) is 5. The molecule has 0 bridgehead atoms. The Bertz CT molecular complexity index is 530. The van der Waals surface area contributed by atoms with E-state index in [1.807, 2.05) is 0 Å². The van der Waals surface area contributed by atoms with Crippen LogP contribution < -0.4 is 20.1 Å². The zero-order chi connectivity index (χ0) is 15.8. The molecule has 0 aromatic heterocycles. The van der Waals surface area contributed by atoms with Crippen LogP contribution in [0, 0.1) is 0 Å². The summed E-state index contributed by atoms with van der Waals surface area (Å²) in [7, 11) is 1.43. The van der Waals surface area contributed by atoms with Gasteiger partial charge < -0.3 is 14.8 Å². The van der Waals surface area contributed by atoms with Gasteiger partial charge in [-0.05, 0) is 26.0 Å². The molecule has 1 unspecified atom stereocenters. The highest BCUT2D eigenvalue weighted by atomic mass is 16.5. The van der Waals surface area contributed by atoms with Crippen LogP contribution in [0.4, 0.5) is 4.79 Å². The summed E-state index contributed by atoms with van der Waals surface area (Å²) in [5.74, 6) is -0.130. The molecule has 0 aliphatic heterocycles. The molecule has 0 aliphatic rings. The van der Waals surface area contributed by atoms with Crippen LogP contribution in [0.5, 0.6) is 11.5 Å². The summed E-state index contributed by atoms with van der Waals surface area (Å²) in [6, 6.07) is 4.18. The van der Waals surface area contributed by atoms with E-state index < -0.39 is 18.0 Å². The maximum Gasteiger partial charge on any atom is 0.321 e. The number of nitrogens with one attached hydrogen (secondary N) is 2. The average Bonchev–Trinajstić information content (AvgIpc) is 2.47. The monoisotopic (exact) mass is 294 g/mol. The first-order chi connectivity index (χ1) is 10.0. The van der Waals surface area contributed by atoms with Crippen molar-refractivity contribution in [3.63, 3.8) is 0 Å². The summed E-state index contributed by atoms with van der Waals surface area (Å²) in [6.45, 7) is 3.60. The maximum absolute atomic E-state index is 11.8. The molecule has 0 spiro atoms. The minimum absolute atomic E-state index is 0.161. The van der Waals surface area contributed by atoms with Gasteiger partial charge in [-0.3, -0.25) is 14.9 Å². The molecule has 0 heterocycles. The van der Waals surface area contributed by atoms with Crippen LogP contribution in [0.15, 0.2) is 18.2 Å². The molecule has 1 rings (SSSR count). The summed E-state index contributed by atoms with van der Waals surface area (Å²) in [5.41, 5.74) is 0.256. The number of para-hydroxylation sites is 1. The van der Waals surface area contributed by atoms with Crippen molar-refractivity contribution in [3.05, 3.63) is 23.8 Å². The van der Waals surface area contributed by atoms with Crippen LogP contribution in [0.25, 0.3) is 0 Å². The van der Waals surface area contributed by atoms with E-state index in [-0.39, 0.29) is 11.3 Å². The minimum atomic E-state index is -0.970. The van der Waals surface area contributed by atoms with Gasteiger partial charge in [-0.1, -0.05) is 6.07 Å². The third-order valence-electron chi connectivity index (χ3n) is 2.59. The highest BCUT2D eigenvalue weighted by Crippen LogP contribution is 2.30. The van der Waals surface area contributed by atoms with Gasteiger partial charge in [-0.25, -0.2) is 4.79 Å². The van der Waals surface area contributed by atoms with Crippen LogP contribution >= 0.6 is 0 Å². The predicted octanol–water partition coefficient (Wildman–Crippen LogP) is 1.12. The fourth-order valence-corrected chi connectivity index (χ4v) is 1.56. The van der Waals surface area contributed by atoms with E-state index >= 15 is 0 Å². The van der Waals surface area contributed by atoms with Crippen LogP contribution in [0.2, 0.25) is 0 Å². The second-order valence-corrected chi connectivity index (χ2v) is 4.11. The smallest absolute Gasteiger partial charge is 0.321 e. The van der Waals surface area contributed by atoms with Crippen molar-refractivity contribution in [1.82, 2.24) is 10.6 Å². The number of aldehydes is 1. The fourth-order valence-electron chi connectivity index (χ4n) is 1.56. The third-order valence-corrected chi connectivity index (χ3v) is 2.59. The van der Waals surface area contributed by atoms with E-state index in [9.17, 15) is 14.4 Å². The van der Waals surface area contributed by atoms with E-state index in [0.29, 0.717) is 18.6 Å². The number of hydrogen-bond donors (Lipinski definition) is 2. The van der Waals surface area contributed by atoms with Gasteiger partial charge >= 0.3 is 6.03 Å². The van der Waals surface area contributed by atoms with Gasteiger partial charge in [0, 0.05) is 6.54 Å². The van der Waals surface area contributed by atoms with Gasteiger partial charge in [0.25, 0.3) is 5.91 Å². The highest BCUT2D eigenvalue weighted by molar-refractivity contribution is 5.96. The first-order valence-electron chi connectivity index (χ1n) is 6.41. The number of amides is 3. The molecule has 114 valence electrons. The molecular weight excluding hydrogens is 276 g/mol. The Kier molecular flexibility index (Phi) is 6.19. The van der Waals surface area contributed by atoms with Crippen molar-refractivity contribution in [1.29, 1.82) is 0 Å². The number of carbonyl (C=O) groups excluding carboxylic acids is 3. The lowest BCUT2D eigenvalue weighted by molar-refractivity contribution is -0.126. The number of imide groups is 1. The number of methoxy groups -OCH3 is 1. The van der Waals surface area contributed by atoms with Gasteiger partial charge in [-0.15, -0.1) is 0 Å². The quantitative estimate of drug-likeness (QED) is 0.767. The Hall–Kier alpha value is -2.57. The van der Waals surface area contributed by atoms with E-state index in [4.69, 9.17) is 9.47 Å². The second-order valence-electron chi connectivity index (χ2n) is 4.11. The molecular formula is C14H18N2O5. The normalized spacial score (nSPS) is 11.2. The van der Waals surface area contributed by atoms with Crippen molar-refractivity contribution >= 4 is 18.2 Å². The van der Waals surface area contributed by atoms with Crippen molar-refractivity contribution in [2.24, 2.45) is 0 Å².